The zero-order valence-corrected chi connectivity index (χ0v) is 12.7. The van der Waals surface area contributed by atoms with Gasteiger partial charge in [-0.2, -0.15) is 0 Å². The van der Waals surface area contributed by atoms with Gasteiger partial charge < -0.3 is 15.0 Å². The van der Waals surface area contributed by atoms with E-state index in [9.17, 15) is 14.9 Å². The Bertz CT molecular complexity index is 647. The number of hydrogen-bond acceptors (Lipinski definition) is 5. The van der Waals surface area contributed by atoms with Crippen molar-refractivity contribution in [3.05, 3.63) is 33.9 Å². The molecule has 0 radical (unpaired) electrons. The van der Waals surface area contributed by atoms with Gasteiger partial charge in [0, 0.05) is 30.8 Å². The predicted molar refractivity (Wildman–Crippen MR) is 83.7 cm³/mol. The van der Waals surface area contributed by atoms with Crippen LogP contribution in [0.4, 0.5) is 11.4 Å². The summed E-state index contributed by atoms with van der Waals surface area (Å²) in [6, 6.07) is 5.00. The molecule has 2 bridgehead atoms. The number of rotatable bonds is 4. The molecule has 2 unspecified atom stereocenters. The number of hydrogen-bond donors (Lipinski definition) is 1. The van der Waals surface area contributed by atoms with E-state index in [0.29, 0.717) is 24.3 Å². The van der Waals surface area contributed by atoms with Gasteiger partial charge in [0.25, 0.3) is 11.6 Å². The second-order valence-corrected chi connectivity index (χ2v) is 6.57. The fraction of sp³-hybridized carbons (Fsp3) is 0.562. The van der Waals surface area contributed by atoms with E-state index in [-0.39, 0.29) is 29.8 Å². The second-order valence-electron chi connectivity index (χ2n) is 6.57. The summed E-state index contributed by atoms with van der Waals surface area (Å²) in [5, 5.41) is 14.3. The molecule has 1 amide bonds. The Kier molecular flexibility index (Phi) is 3.45. The third-order valence-electron chi connectivity index (χ3n) is 4.73. The molecular weight excluding hydrogens is 298 g/mol. The Morgan fingerprint density at radius 3 is 2.52 bits per heavy atom. The van der Waals surface area contributed by atoms with Crippen LogP contribution >= 0.6 is 0 Å². The first-order valence-corrected chi connectivity index (χ1v) is 8.10. The normalized spacial score (nSPS) is 26.2. The minimum absolute atomic E-state index is 0.00486. The van der Waals surface area contributed by atoms with Crippen molar-refractivity contribution in [3.8, 4) is 0 Å². The molecule has 7 heteroatoms. The summed E-state index contributed by atoms with van der Waals surface area (Å²) >= 11 is 0. The number of amides is 1. The van der Waals surface area contributed by atoms with Crippen molar-refractivity contribution in [1.29, 1.82) is 0 Å². The van der Waals surface area contributed by atoms with Gasteiger partial charge in [-0.25, -0.2) is 0 Å². The predicted octanol–water partition coefficient (Wildman–Crippen LogP) is 1.85. The maximum atomic E-state index is 12.1. The van der Waals surface area contributed by atoms with Crippen LogP contribution in [0.5, 0.6) is 0 Å². The van der Waals surface area contributed by atoms with Crippen molar-refractivity contribution in [3.63, 3.8) is 0 Å². The number of ether oxygens (including phenoxy) is 1. The van der Waals surface area contributed by atoms with Crippen molar-refractivity contribution in [2.75, 3.05) is 18.0 Å². The number of fused-ring (bicyclic) bond motifs is 2. The maximum absolute atomic E-state index is 12.1. The summed E-state index contributed by atoms with van der Waals surface area (Å²) in [4.78, 5) is 25.2. The van der Waals surface area contributed by atoms with Gasteiger partial charge in [-0.15, -0.1) is 0 Å². The summed E-state index contributed by atoms with van der Waals surface area (Å²) < 4.78 is 5.79. The first-order chi connectivity index (χ1) is 11.1. The average molecular weight is 317 g/mol. The van der Waals surface area contributed by atoms with Crippen molar-refractivity contribution in [2.45, 2.75) is 43.9 Å². The largest absolute Gasteiger partial charge is 0.371 e. The number of carbonyl (C=O) groups is 1. The summed E-state index contributed by atoms with van der Waals surface area (Å²) in [5.74, 6) is -0.232. The molecule has 1 aliphatic carbocycles. The molecule has 1 saturated carbocycles. The molecule has 122 valence electrons. The number of carbonyl (C=O) groups excluding carboxylic acids is 1. The summed E-state index contributed by atoms with van der Waals surface area (Å²) in [7, 11) is 0. The van der Waals surface area contributed by atoms with E-state index >= 15 is 0 Å². The van der Waals surface area contributed by atoms with Crippen LogP contribution in [-0.4, -0.2) is 42.2 Å². The summed E-state index contributed by atoms with van der Waals surface area (Å²) in [6.07, 6.45) is 4.32. The van der Waals surface area contributed by atoms with Gasteiger partial charge >= 0.3 is 0 Å². The van der Waals surface area contributed by atoms with Crippen molar-refractivity contribution in [2.24, 2.45) is 0 Å². The Hall–Kier alpha value is -2.15. The van der Waals surface area contributed by atoms with E-state index in [2.05, 4.69) is 5.32 Å². The maximum Gasteiger partial charge on any atom is 0.293 e. The fourth-order valence-corrected chi connectivity index (χ4v) is 3.39. The van der Waals surface area contributed by atoms with Gasteiger partial charge in [-0.3, -0.25) is 14.9 Å². The number of nitrogens with one attached hydrogen (secondary N) is 1. The second kappa shape index (κ2) is 5.49. The van der Waals surface area contributed by atoms with Crippen LogP contribution in [0, 0.1) is 10.1 Å². The lowest BCUT2D eigenvalue weighted by atomic mass is 10.1. The molecule has 7 nitrogen and oxygen atoms in total. The van der Waals surface area contributed by atoms with E-state index in [0.717, 1.165) is 25.7 Å². The highest BCUT2D eigenvalue weighted by Crippen LogP contribution is 2.35. The smallest absolute Gasteiger partial charge is 0.293 e. The third-order valence-corrected chi connectivity index (χ3v) is 4.73. The number of nitrogens with zero attached hydrogens (tertiary/aromatic N) is 2. The molecule has 0 aromatic heterocycles. The number of nitro benzene ring substituents is 1. The van der Waals surface area contributed by atoms with Gasteiger partial charge in [0.15, 0.2) is 0 Å². The van der Waals surface area contributed by atoms with Crippen LogP contribution in [0.25, 0.3) is 0 Å². The molecule has 0 spiro atoms. The van der Waals surface area contributed by atoms with Crippen LogP contribution in [-0.2, 0) is 4.74 Å². The zero-order chi connectivity index (χ0) is 16.0. The van der Waals surface area contributed by atoms with E-state index in [1.165, 1.54) is 6.07 Å². The molecule has 3 aliphatic rings. The number of morpholine rings is 1. The Balaban J connectivity index is 1.61. The van der Waals surface area contributed by atoms with Gasteiger partial charge in [0.1, 0.15) is 5.69 Å². The molecule has 1 N–H and O–H groups in total. The molecule has 1 aromatic carbocycles. The first-order valence-electron chi connectivity index (χ1n) is 8.10. The van der Waals surface area contributed by atoms with Crippen molar-refractivity contribution < 1.29 is 14.5 Å². The molecule has 2 heterocycles. The topological polar surface area (TPSA) is 84.7 Å². The van der Waals surface area contributed by atoms with Gasteiger partial charge in [-0.05, 0) is 37.8 Å². The molecule has 2 atom stereocenters. The van der Waals surface area contributed by atoms with Crippen LogP contribution < -0.4 is 10.2 Å². The molecule has 2 aliphatic heterocycles. The van der Waals surface area contributed by atoms with E-state index < -0.39 is 4.92 Å². The SMILES string of the molecule is O=C(NC1CC1)c1ccc(N2CC3CCC(C2)O3)c([N+](=O)[O-])c1. The Morgan fingerprint density at radius 1 is 1.22 bits per heavy atom. The standard InChI is InChI=1S/C16H19N3O4/c20-16(17-11-2-3-11)10-1-6-14(15(7-10)19(21)22)18-8-12-4-5-13(9-18)23-12/h1,6-7,11-13H,2-5,8-9H2,(H,17,20). The minimum Gasteiger partial charge on any atom is -0.371 e. The monoisotopic (exact) mass is 317 g/mol. The number of benzene rings is 1. The van der Waals surface area contributed by atoms with Gasteiger partial charge in [0.2, 0.25) is 0 Å². The molecule has 2 saturated heterocycles. The lowest BCUT2D eigenvalue weighted by molar-refractivity contribution is -0.384. The molecule has 1 aromatic rings. The van der Waals surface area contributed by atoms with Crippen LogP contribution in [0.1, 0.15) is 36.0 Å². The van der Waals surface area contributed by atoms with E-state index in [1.807, 2.05) is 4.90 Å². The van der Waals surface area contributed by atoms with E-state index in [1.54, 1.807) is 12.1 Å². The molecule has 23 heavy (non-hydrogen) atoms. The zero-order valence-electron chi connectivity index (χ0n) is 12.7. The van der Waals surface area contributed by atoms with Gasteiger partial charge in [0.05, 0.1) is 17.1 Å². The third kappa shape index (κ3) is 2.88. The first kappa shape index (κ1) is 14.4. The van der Waals surface area contributed by atoms with E-state index in [4.69, 9.17) is 4.74 Å². The highest BCUT2D eigenvalue weighted by atomic mass is 16.6. The Labute approximate surface area is 133 Å². The minimum atomic E-state index is -0.402. The Morgan fingerprint density at radius 2 is 1.91 bits per heavy atom. The highest BCUT2D eigenvalue weighted by molar-refractivity contribution is 5.96. The van der Waals surface area contributed by atoms with Crippen molar-refractivity contribution in [1.82, 2.24) is 5.32 Å². The number of nitro groups is 1. The van der Waals surface area contributed by atoms with Gasteiger partial charge in [-0.1, -0.05) is 0 Å². The van der Waals surface area contributed by atoms with Crippen LogP contribution in [0.2, 0.25) is 0 Å². The number of anilines is 1. The molecular formula is C16H19N3O4. The average Bonchev–Trinajstić information content (AvgIpc) is 3.29. The van der Waals surface area contributed by atoms with Crippen molar-refractivity contribution >= 4 is 17.3 Å². The highest BCUT2D eigenvalue weighted by Gasteiger charge is 2.36. The van der Waals surface area contributed by atoms with Crippen LogP contribution in [0.15, 0.2) is 18.2 Å². The summed E-state index contributed by atoms with van der Waals surface area (Å²) in [6.45, 7) is 1.34. The molecule has 4 rings (SSSR count). The quantitative estimate of drug-likeness (QED) is 0.677. The molecule has 3 fully saturated rings. The lowest BCUT2D eigenvalue weighted by Crippen LogP contribution is -2.42. The van der Waals surface area contributed by atoms with Crippen LogP contribution in [0.3, 0.4) is 0 Å². The lowest BCUT2D eigenvalue weighted by Gasteiger charge is -2.33. The summed E-state index contributed by atoms with van der Waals surface area (Å²) in [5.41, 5.74) is 0.927. The fourth-order valence-electron chi connectivity index (χ4n) is 3.39.